The van der Waals surface area contributed by atoms with Crippen LogP contribution in [0.3, 0.4) is 0 Å². The summed E-state index contributed by atoms with van der Waals surface area (Å²) in [6, 6.07) is 4.31. The molecule has 0 heterocycles. The van der Waals surface area contributed by atoms with Gasteiger partial charge in [-0.15, -0.1) is 0 Å². The maximum absolute atomic E-state index is 12.1. The summed E-state index contributed by atoms with van der Waals surface area (Å²) < 4.78 is 61.8. The first-order valence-electron chi connectivity index (χ1n) is 6.80. The first-order valence-corrected chi connectivity index (χ1v) is 8.24. The first-order chi connectivity index (χ1) is 10.8. The molecular formula is C14H16F3N2O4S-. The number of nitrogens with zero attached hydrogens (tertiary/aromatic N) is 1. The normalized spacial score (nSPS) is 13.7. The largest absolute Gasteiger partial charge is 0.855 e. The number of amides is 1. The van der Waals surface area contributed by atoms with Crippen LogP contribution in [0.4, 0.5) is 18.9 Å². The first kappa shape index (κ1) is 19.9. The molecular weight excluding hydrogens is 349 g/mol. The molecule has 0 aliphatic rings. The van der Waals surface area contributed by atoms with Gasteiger partial charge in [0.05, 0.1) is 10.8 Å². The molecule has 0 aliphatic carbocycles. The maximum Gasteiger partial charge on any atom is 0.420 e. The molecule has 1 rings (SSSR count). The quantitative estimate of drug-likeness (QED) is 0.638. The van der Waals surface area contributed by atoms with Gasteiger partial charge in [-0.2, -0.15) is 26.0 Å². The Morgan fingerprint density at radius 2 is 1.71 bits per heavy atom. The predicted octanol–water partition coefficient (Wildman–Crippen LogP) is 2.07. The lowest BCUT2D eigenvalue weighted by molar-refractivity contribution is -0.261. The predicted molar refractivity (Wildman–Crippen MR) is 79.8 cm³/mol. The van der Waals surface area contributed by atoms with E-state index < -0.39 is 32.4 Å². The van der Waals surface area contributed by atoms with Crippen molar-refractivity contribution in [3.8, 4) is 0 Å². The summed E-state index contributed by atoms with van der Waals surface area (Å²) in [5, 5.41) is 13.2. The minimum Gasteiger partial charge on any atom is -0.855 e. The highest BCUT2D eigenvalue weighted by molar-refractivity contribution is 7.90. The fourth-order valence-electron chi connectivity index (χ4n) is 1.38. The Labute approximate surface area is 137 Å². The van der Waals surface area contributed by atoms with Gasteiger partial charge in [-0.3, -0.25) is 4.79 Å². The molecule has 0 radical (unpaired) electrons. The highest BCUT2D eigenvalue weighted by Gasteiger charge is 2.30. The number of carbonyl (C=O) groups is 1. The number of anilines is 1. The fourth-order valence-corrected chi connectivity index (χ4v) is 2.29. The van der Waals surface area contributed by atoms with Gasteiger partial charge in [0, 0.05) is 11.1 Å². The van der Waals surface area contributed by atoms with Crippen LogP contribution >= 0.6 is 0 Å². The molecule has 1 aromatic carbocycles. The van der Waals surface area contributed by atoms with Crippen molar-refractivity contribution in [1.29, 1.82) is 0 Å². The molecule has 0 spiro atoms. The lowest BCUT2D eigenvalue weighted by atomic mass is 9.89. The van der Waals surface area contributed by atoms with Gasteiger partial charge in [0.25, 0.3) is 10.0 Å². The van der Waals surface area contributed by atoms with Crippen LogP contribution in [0.25, 0.3) is 0 Å². The van der Waals surface area contributed by atoms with E-state index in [0.717, 1.165) is 12.1 Å². The molecule has 134 valence electrons. The van der Waals surface area contributed by atoms with Gasteiger partial charge in [-0.25, -0.2) is 0 Å². The maximum atomic E-state index is 12.1. The zero-order valence-corrected chi connectivity index (χ0v) is 14.0. The Bertz CT molecular complexity index is 738. The second-order valence-electron chi connectivity index (χ2n) is 5.59. The summed E-state index contributed by atoms with van der Waals surface area (Å²) in [5.74, 6) is -3.00. The number of hydrogen-bond acceptors (Lipinski definition) is 4. The Morgan fingerprint density at radius 3 is 2.12 bits per heavy atom. The molecule has 0 atom stereocenters. The van der Waals surface area contributed by atoms with E-state index in [1.165, 1.54) is 12.1 Å². The van der Waals surface area contributed by atoms with Crippen molar-refractivity contribution in [2.45, 2.75) is 38.3 Å². The van der Waals surface area contributed by atoms with Gasteiger partial charge in [0.15, 0.2) is 0 Å². The monoisotopic (exact) mass is 365 g/mol. The molecule has 1 N–H and O–H groups in total. The van der Waals surface area contributed by atoms with Crippen LogP contribution in [0, 0.1) is 5.41 Å². The van der Waals surface area contributed by atoms with E-state index in [0.29, 0.717) is 6.42 Å². The summed E-state index contributed by atoms with van der Waals surface area (Å²) in [4.78, 5) is 11.4. The molecule has 0 fully saturated rings. The van der Waals surface area contributed by atoms with Crippen molar-refractivity contribution in [2.75, 3.05) is 5.32 Å². The fraction of sp³-hybridized carbons (Fsp3) is 0.429. The topological polar surface area (TPSA) is 98.7 Å². The number of benzene rings is 1. The van der Waals surface area contributed by atoms with Crippen molar-refractivity contribution in [3.05, 3.63) is 24.3 Å². The summed E-state index contributed by atoms with van der Waals surface area (Å²) in [7, 11) is -4.78. The SMILES string of the molecule is CCC(C)(C)C(=O)Nc1ccc(S(=O)(=O)/N=C(\[O-])C(F)(F)F)cc1. The van der Waals surface area contributed by atoms with E-state index in [-0.39, 0.29) is 11.6 Å². The van der Waals surface area contributed by atoms with Gasteiger partial charge >= 0.3 is 6.18 Å². The van der Waals surface area contributed by atoms with Gasteiger partial charge in [0.2, 0.25) is 5.91 Å². The summed E-state index contributed by atoms with van der Waals surface area (Å²) in [6.45, 7) is 5.28. The third kappa shape index (κ3) is 4.95. The number of halogens is 3. The van der Waals surface area contributed by atoms with Gasteiger partial charge in [-0.05, 0) is 30.7 Å². The molecule has 0 aromatic heterocycles. The summed E-state index contributed by atoms with van der Waals surface area (Å²) >= 11 is 0. The molecule has 1 aromatic rings. The smallest absolute Gasteiger partial charge is 0.420 e. The molecule has 0 unspecified atom stereocenters. The molecule has 1 amide bonds. The number of alkyl halides is 3. The average Bonchev–Trinajstić information content (AvgIpc) is 2.46. The number of hydrogen-bond donors (Lipinski definition) is 1. The second kappa shape index (κ2) is 6.80. The molecule has 0 saturated heterocycles. The number of sulfonamides is 1. The Hall–Kier alpha value is -2.10. The lowest BCUT2D eigenvalue weighted by Crippen LogP contribution is -2.35. The highest BCUT2D eigenvalue weighted by atomic mass is 32.2. The van der Waals surface area contributed by atoms with E-state index >= 15 is 0 Å². The van der Waals surface area contributed by atoms with Gasteiger partial charge < -0.3 is 10.4 Å². The molecule has 0 bridgehead atoms. The van der Waals surface area contributed by atoms with E-state index in [1.54, 1.807) is 13.8 Å². The number of rotatable bonds is 5. The second-order valence-corrected chi connectivity index (χ2v) is 7.19. The van der Waals surface area contributed by atoms with Crippen LogP contribution in [-0.4, -0.2) is 26.4 Å². The molecule has 6 nitrogen and oxygen atoms in total. The van der Waals surface area contributed by atoms with Crippen LogP contribution in [0.2, 0.25) is 0 Å². The van der Waals surface area contributed by atoms with Crippen molar-refractivity contribution >= 4 is 27.5 Å². The van der Waals surface area contributed by atoms with Crippen molar-refractivity contribution in [3.63, 3.8) is 0 Å². The Kier molecular flexibility index (Phi) is 5.65. The van der Waals surface area contributed by atoms with Crippen molar-refractivity contribution < 1.29 is 31.5 Å². The van der Waals surface area contributed by atoms with Crippen LogP contribution in [0.1, 0.15) is 27.2 Å². The minimum atomic E-state index is -5.37. The van der Waals surface area contributed by atoms with Gasteiger partial charge in [-0.1, -0.05) is 20.8 Å². The molecule has 0 aliphatic heterocycles. The third-order valence-electron chi connectivity index (χ3n) is 3.35. The molecule has 24 heavy (non-hydrogen) atoms. The highest BCUT2D eigenvalue weighted by Crippen LogP contribution is 2.24. The third-order valence-corrected chi connectivity index (χ3v) is 4.63. The summed E-state index contributed by atoms with van der Waals surface area (Å²) in [5.41, 5.74) is -0.373. The zero-order valence-electron chi connectivity index (χ0n) is 13.1. The van der Waals surface area contributed by atoms with Crippen molar-refractivity contribution in [1.82, 2.24) is 0 Å². The number of carbonyl (C=O) groups excluding carboxylic acids is 1. The minimum absolute atomic E-state index is 0.266. The summed E-state index contributed by atoms with van der Waals surface area (Å²) in [6.07, 6.45) is -4.80. The van der Waals surface area contributed by atoms with Crippen LogP contribution in [0.5, 0.6) is 0 Å². The van der Waals surface area contributed by atoms with Gasteiger partial charge in [0.1, 0.15) is 0 Å². The van der Waals surface area contributed by atoms with E-state index in [4.69, 9.17) is 0 Å². The average molecular weight is 365 g/mol. The van der Waals surface area contributed by atoms with Crippen LogP contribution < -0.4 is 10.4 Å². The molecule has 10 heteroatoms. The van der Waals surface area contributed by atoms with Crippen molar-refractivity contribution in [2.24, 2.45) is 9.81 Å². The number of nitrogens with one attached hydrogen (secondary N) is 1. The lowest BCUT2D eigenvalue weighted by Gasteiger charge is -2.21. The van der Waals surface area contributed by atoms with Crippen LogP contribution in [-0.2, 0) is 14.8 Å². The van der Waals surface area contributed by atoms with E-state index in [2.05, 4.69) is 9.71 Å². The standard InChI is InChI=1S/C14H17F3N2O4S/c1-4-13(2,3)11(20)18-9-5-7-10(8-6-9)24(22,23)19-12(21)14(15,16)17/h5-8H,4H2,1-3H3,(H,18,20)(H,19,21)/p-1. The van der Waals surface area contributed by atoms with Crippen LogP contribution in [0.15, 0.2) is 33.6 Å². The van der Waals surface area contributed by atoms with E-state index in [1.807, 2.05) is 6.92 Å². The molecule has 0 saturated carbocycles. The zero-order chi connectivity index (χ0) is 18.8. The Balaban J connectivity index is 3.02. The van der Waals surface area contributed by atoms with E-state index in [9.17, 15) is 31.5 Å². The Morgan fingerprint density at radius 1 is 1.21 bits per heavy atom.